The van der Waals surface area contributed by atoms with E-state index in [4.69, 9.17) is 4.74 Å². The van der Waals surface area contributed by atoms with Crippen molar-refractivity contribution in [3.8, 4) is 11.5 Å². The van der Waals surface area contributed by atoms with E-state index in [-0.39, 0.29) is 0 Å². The number of hydrogen-bond donors (Lipinski definition) is 2. The molecule has 0 aromatic heterocycles. The summed E-state index contributed by atoms with van der Waals surface area (Å²) in [5, 5.41) is 13.1. The molecular formula is C16H19NO2. The first-order valence-corrected chi connectivity index (χ1v) is 6.32. The van der Waals surface area contributed by atoms with Gasteiger partial charge in [-0.2, -0.15) is 0 Å². The van der Waals surface area contributed by atoms with Gasteiger partial charge in [-0.05, 0) is 19.1 Å². The van der Waals surface area contributed by atoms with Crippen LogP contribution in [0.25, 0.3) is 0 Å². The molecule has 100 valence electrons. The highest BCUT2D eigenvalue weighted by atomic mass is 16.5. The lowest BCUT2D eigenvalue weighted by molar-refractivity contribution is 0.407. The molecule has 0 aliphatic carbocycles. The fraction of sp³-hybridized carbons (Fsp3) is 0.250. The lowest BCUT2D eigenvalue weighted by atomic mass is 10.1. The van der Waals surface area contributed by atoms with Crippen molar-refractivity contribution in [3.05, 3.63) is 59.2 Å². The van der Waals surface area contributed by atoms with Crippen molar-refractivity contribution in [1.82, 2.24) is 5.32 Å². The third kappa shape index (κ3) is 3.48. The predicted molar refractivity (Wildman–Crippen MR) is 76.4 cm³/mol. The van der Waals surface area contributed by atoms with Crippen LogP contribution in [0.1, 0.15) is 16.7 Å². The van der Waals surface area contributed by atoms with Crippen molar-refractivity contribution in [2.24, 2.45) is 0 Å². The van der Waals surface area contributed by atoms with Crippen molar-refractivity contribution in [2.75, 3.05) is 7.11 Å². The van der Waals surface area contributed by atoms with Crippen LogP contribution in [0.2, 0.25) is 0 Å². The van der Waals surface area contributed by atoms with Gasteiger partial charge in [0.15, 0.2) is 0 Å². The Morgan fingerprint density at radius 1 is 1.05 bits per heavy atom. The monoisotopic (exact) mass is 257 g/mol. The van der Waals surface area contributed by atoms with Gasteiger partial charge in [-0.3, -0.25) is 0 Å². The minimum absolute atomic E-state index is 0.332. The van der Waals surface area contributed by atoms with E-state index in [2.05, 4.69) is 5.32 Å². The molecule has 0 unspecified atom stereocenters. The molecule has 2 aromatic carbocycles. The van der Waals surface area contributed by atoms with Crippen LogP contribution in [0.15, 0.2) is 42.5 Å². The van der Waals surface area contributed by atoms with Crippen molar-refractivity contribution in [1.29, 1.82) is 0 Å². The molecule has 2 N–H and O–H groups in total. The molecule has 0 aliphatic heterocycles. The minimum Gasteiger partial charge on any atom is -0.508 e. The molecular weight excluding hydrogens is 238 g/mol. The van der Waals surface area contributed by atoms with Gasteiger partial charge in [0, 0.05) is 24.2 Å². The zero-order valence-corrected chi connectivity index (χ0v) is 11.3. The second kappa shape index (κ2) is 6.25. The first kappa shape index (κ1) is 13.4. The van der Waals surface area contributed by atoms with Crippen LogP contribution in [0.5, 0.6) is 11.5 Å². The lowest BCUT2D eigenvalue weighted by Gasteiger charge is -2.10. The highest BCUT2D eigenvalue weighted by molar-refractivity contribution is 5.36. The molecule has 0 radical (unpaired) electrons. The summed E-state index contributed by atoms with van der Waals surface area (Å²) in [7, 11) is 1.67. The van der Waals surface area contributed by atoms with E-state index in [0.717, 1.165) is 22.4 Å². The number of benzene rings is 2. The number of rotatable bonds is 5. The van der Waals surface area contributed by atoms with Crippen molar-refractivity contribution in [3.63, 3.8) is 0 Å². The van der Waals surface area contributed by atoms with Gasteiger partial charge in [0.2, 0.25) is 0 Å². The number of nitrogens with one attached hydrogen (secondary N) is 1. The van der Waals surface area contributed by atoms with Crippen molar-refractivity contribution < 1.29 is 9.84 Å². The number of para-hydroxylation sites is 1. The molecule has 0 saturated heterocycles. The zero-order chi connectivity index (χ0) is 13.7. The average molecular weight is 257 g/mol. The Bertz CT molecular complexity index is 552. The molecule has 19 heavy (non-hydrogen) atoms. The number of phenols is 1. The maximum absolute atomic E-state index is 9.77. The number of methoxy groups -OCH3 is 1. The largest absolute Gasteiger partial charge is 0.508 e. The second-order valence-electron chi connectivity index (χ2n) is 4.55. The van der Waals surface area contributed by atoms with Crippen molar-refractivity contribution >= 4 is 0 Å². The number of aryl methyl sites for hydroxylation is 1. The standard InChI is InChI=1S/C16H19NO2/c1-12-7-8-15(18)14(9-12)11-17-10-13-5-3-4-6-16(13)19-2/h3-9,17-18H,10-11H2,1-2H3. The van der Waals surface area contributed by atoms with Crippen molar-refractivity contribution in [2.45, 2.75) is 20.0 Å². The Morgan fingerprint density at radius 3 is 2.58 bits per heavy atom. The van der Waals surface area contributed by atoms with E-state index in [1.165, 1.54) is 0 Å². The van der Waals surface area contributed by atoms with Crippen LogP contribution < -0.4 is 10.1 Å². The molecule has 0 heterocycles. The molecule has 0 spiro atoms. The molecule has 3 heteroatoms. The summed E-state index contributed by atoms with van der Waals surface area (Å²) in [6, 6.07) is 13.5. The Kier molecular flexibility index (Phi) is 4.42. The molecule has 0 fully saturated rings. The minimum atomic E-state index is 0.332. The maximum Gasteiger partial charge on any atom is 0.123 e. The lowest BCUT2D eigenvalue weighted by Crippen LogP contribution is -2.13. The summed E-state index contributed by atoms with van der Waals surface area (Å²) in [5.74, 6) is 1.21. The van der Waals surface area contributed by atoms with E-state index < -0.39 is 0 Å². The summed E-state index contributed by atoms with van der Waals surface area (Å²) < 4.78 is 5.30. The fourth-order valence-electron chi connectivity index (χ4n) is 2.04. The highest BCUT2D eigenvalue weighted by Gasteiger charge is 2.03. The van der Waals surface area contributed by atoms with E-state index >= 15 is 0 Å². The summed E-state index contributed by atoms with van der Waals surface area (Å²) in [5.41, 5.74) is 3.17. The van der Waals surface area contributed by atoms with Crippen LogP contribution in [0.4, 0.5) is 0 Å². The Labute approximate surface area is 113 Å². The topological polar surface area (TPSA) is 41.5 Å². The number of phenolic OH excluding ortho intramolecular Hbond substituents is 1. The van der Waals surface area contributed by atoms with Gasteiger partial charge in [0.1, 0.15) is 11.5 Å². The number of ether oxygens (including phenoxy) is 1. The summed E-state index contributed by atoms with van der Waals surface area (Å²) in [6.45, 7) is 3.35. The SMILES string of the molecule is COc1ccccc1CNCc1cc(C)ccc1O. The molecule has 0 atom stereocenters. The first-order valence-electron chi connectivity index (χ1n) is 6.32. The third-order valence-electron chi connectivity index (χ3n) is 3.06. The summed E-state index contributed by atoms with van der Waals surface area (Å²) >= 11 is 0. The average Bonchev–Trinajstić information content (AvgIpc) is 2.43. The second-order valence-corrected chi connectivity index (χ2v) is 4.55. The molecule has 0 bridgehead atoms. The Balaban J connectivity index is 1.98. The quantitative estimate of drug-likeness (QED) is 0.865. The smallest absolute Gasteiger partial charge is 0.123 e. The maximum atomic E-state index is 9.77. The van der Waals surface area contributed by atoms with Gasteiger partial charge in [-0.15, -0.1) is 0 Å². The Morgan fingerprint density at radius 2 is 1.79 bits per heavy atom. The van der Waals surface area contributed by atoms with Gasteiger partial charge in [-0.1, -0.05) is 35.9 Å². The molecule has 2 rings (SSSR count). The van der Waals surface area contributed by atoms with Gasteiger partial charge < -0.3 is 15.2 Å². The van der Waals surface area contributed by atoms with Gasteiger partial charge in [0.05, 0.1) is 7.11 Å². The number of hydrogen-bond acceptors (Lipinski definition) is 3. The molecule has 0 saturated carbocycles. The molecule has 3 nitrogen and oxygen atoms in total. The van der Waals surface area contributed by atoms with E-state index in [0.29, 0.717) is 18.8 Å². The van der Waals surface area contributed by atoms with Crippen LogP contribution in [-0.2, 0) is 13.1 Å². The predicted octanol–water partition coefficient (Wildman–Crippen LogP) is 3.00. The van der Waals surface area contributed by atoms with Gasteiger partial charge in [0.25, 0.3) is 0 Å². The zero-order valence-electron chi connectivity index (χ0n) is 11.3. The van der Waals surface area contributed by atoms with Gasteiger partial charge in [-0.25, -0.2) is 0 Å². The molecule has 2 aromatic rings. The summed E-state index contributed by atoms with van der Waals surface area (Å²) in [6.07, 6.45) is 0. The van der Waals surface area contributed by atoms with Gasteiger partial charge >= 0.3 is 0 Å². The van der Waals surface area contributed by atoms with Crippen LogP contribution in [-0.4, -0.2) is 12.2 Å². The highest BCUT2D eigenvalue weighted by Crippen LogP contribution is 2.19. The van der Waals surface area contributed by atoms with Crippen LogP contribution >= 0.6 is 0 Å². The number of aromatic hydroxyl groups is 1. The molecule has 0 aliphatic rings. The summed E-state index contributed by atoms with van der Waals surface area (Å²) in [4.78, 5) is 0. The van der Waals surface area contributed by atoms with Crippen LogP contribution in [0, 0.1) is 6.92 Å². The molecule has 0 amide bonds. The van der Waals surface area contributed by atoms with Crippen LogP contribution in [0.3, 0.4) is 0 Å². The van der Waals surface area contributed by atoms with E-state index in [1.54, 1.807) is 13.2 Å². The van der Waals surface area contributed by atoms with E-state index in [1.807, 2.05) is 43.3 Å². The first-order chi connectivity index (χ1) is 9.20. The van der Waals surface area contributed by atoms with E-state index in [9.17, 15) is 5.11 Å². The fourth-order valence-corrected chi connectivity index (χ4v) is 2.04. The Hall–Kier alpha value is -2.00. The third-order valence-corrected chi connectivity index (χ3v) is 3.06. The normalized spacial score (nSPS) is 10.4.